The number of H-pyrrole nitrogens is 1. The summed E-state index contributed by atoms with van der Waals surface area (Å²) in [6.45, 7) is 4.74. The molecule has 6 heterocycles. The third-order valence-corrected chi connectivity index (χ3v) is 17.5. The molecule has 3 fully saturated rings. The number of carbonyl (C=O) groups excluding carboxylic acids is 10. The number of rotatable bonds is 26. The molecular formula is C59H90N16O13S. The van der Waals surface area contributed by atoms with Crippen LogP contribution in [-0.2, 0) is 76.7 Å². The number of para-hydroxylation sites is 1. The molecule has 29 nitrogen and oxygen atoms in total. The number of thioether (sulfide) groups is 1. The van der Waals surface area contributed by atoms with E-state index >= 15 is 0 Å². The van der Waals surface area contributed by atoms with Crippen LogP contribution in [0.3, 0.4) is 0 Å². The van der Waals surface area contributed by atoms with Crippen molar-refractivity contribution in [2.45, 2.75) is 170 Å². The number of aryl methyl sites for hydroxylation is 1. The molecule has 11 amide bonds. The molecule has 4 aliphatic rings. The first-order valence-electron chi connectivity index (χ1n) is 31.2. The Labute approximate surface area is 522 Å². The molecular weight excluding hydrogens is 1170 g/mol. The average molecular weight is 1260 g/mol. The van der Waals surface area contributed by atoms with Crippen molar-refractivity contribution in [1.29, 1.82) is 0 Å². The van der Waals surface area contributed by atoms with Crippen LogP contribution in [-0.4, -0.2) is 209 Å². The summed E-state index contributed by atoms with van der Waals surface area (Å²) in [5, 5.41) is 34.9. The van der Waals surface area contributed by atoms with Gasteiger partial charge in [0.1, 0.15) is 42.9 Å². The minimum absolute atomic E-state index is 0.0255. The number of aromatic nitrogens is 4. The fraction of sp³-hybridized carbons (Fsp3) is 0.661. The molecule has 1 unspecified atom stereocenters. The van der Waals surface area contributed by atoms with Crippen LogP contribution in [0.2, 0.25) is 0 Å². The summed E-state index contributed by atoms with van der Waals surface area (Å²) < 4.78 is 18.3. The van der Waals surface area contributed by atoms with E-state index in [4.69, 9.17) is 25.7 Å². The highest BCUT2D eigenvalue weighted by Gasteiger charge is 2.43. The van der Waals surface area contributed by atoms with Crippen LogP contribution in [0.4, 0.5) is 4.79 Å². The summed E-state index contributed by atoms with van der Waals surface area (Å²) in [6, 6.07) is 0.751. The van der Waals surface area contributed by atoms with Gasteiger partial charge in [-0.1, -0.05) is 43.7 Å². The molecule has 3 saturated heterocycles. The smallest absolute Gasteiger partial charge is 0.315 e. The first kappa shape index (κ1) is 69.1. The Morgan fingerprint density at radius 2 is 1.54 bits per heavy atom. The van der Waals surface area contributed by atoms with Crippen molar-refractivity contribution in [3.8, 4) is 0 Å². The van der Waals surface area contributed by atoms with Crippen molar-refractivity contribution in [1.82, 2.24) is 72.7 Å². The number of fused-ring (bicyclic) bond motifs is 5. The Morgan fingerprint density at radius 1 is 0.775 bits per heavy atom. The molecule has 0 aliphatic carbocycles. The van der Waals surface area contributed by atoms with E-state index in [9.17, 15) is 47.9 Å². The number of nitrogens with zero attached hydrogens (tertiary/aromatic N) is 4. The van der Waals surface area contributed by atoms with Crippen molar-refractivity contribution in [2.24, 2.45) is 17.4 Å². The van der Waals surface area contributed by atoms with E-state index in [1.165, 1.54) is 9.58 Å². The lowest BCUT2D eigenvalue weighted by atomic mass is 10.0. The van der Waals surface area contributed by atoms with E-state index < -0.39 is 96.7 Å². The Balaban J connectivity index is 0.949. The average Bonchev–Trinajstić information content (AvgIpc) is 1.93. The number of hydrogen-bond acceptors (Lipinski definition) is 17. The number of amides is 11. The maximum absolute atomic E-state index is 14.6. The van der Waals surface area contributed by atoms with E-state index in [0.29, 0.717) is 82.1 Å². The zero-order chi connectivity index (χ0) is 63.7. The van der Waals surface area contributed by atoms with Gasteiger partial charge >= 0.3 is 6.03 Å². The molecule has 3 aromatic rings. The molecule has 1 aromatic carbocycles. The topological polar surface area (TPSA) is 408 Å². The number of nitrogens with two attached hydrogens (primary N) is 2. The molecule has 2 bridgehead atoms. The summed E-state index contributed by atoms with van der Waals surface area (Å²) in [5.74, 6) is -4.68. The van der Waals surface area contributed by atoms with Crippen molar-refractivity contribution < 1.29 is 62.2 Å². The summed E-state index contributed by atoms with van der Waals surface area (Å²) in [4.78, 5) is 140. The second-order valence-corrected chi connectivity index (χ2v) is 24.7. The number of aromatic amines is 1. The quantitative estimate of drug-likeness (QED) is 0.0332. The molecule has 89 heavy (non-hydrogen) atoms. The highest BCUT2D eigenvalue weighted by Crippen LogP contribution is 2.33. The van der Waals surface area contributed by atoms with Crippen molar-refractivity contribution in [3.63, 3.8) is 0 Å². The van der Waals surface area contributed by atoms with E-state index in [-0.39, 0.29) is 95.0 Å². The van der Waals surface area contributed by atoms with Gasteiger partial charge in [-0.3, -0.25) is 47.8 Å². The zero-order valence-corrected chi connectivity index (χ0v) is 51.8. The minimum Gasteiger partial charge on any atom is -0.377 e. The lowest BCUT2D eigenvalue weighted by molar-refractivity contribution is -0.142. The van der Waals surface area contributed by atoms with Crippen LogP contribution in [0.5, 0.6) is 0 Å². The Bertz CT molecular complexity index is 2870. The molecule has 7 rings (SSSR count). The van der Waals surface area contributed by atoms with E-state index in [1.807, 2.05) is 49.9 Å². The minimum atomic E-state index is -1.30. The molecule has 0 radical (unpaired) electrons. The van der Waals surface area contributed by atoms with Gasteiger partial charge in [0.15, 0.2) is 0 Å². The van der Waals surface area contributed by atoms with Crippen molar-refractivity contribution in [2.75, 3.05) is 71.6 Å². The maximum atomic E-state index is 14.6. The maximum Gasteiger partial charge on any atom is 0.315 e. The molecule has 0 saturated carbocycles. The number of hydrogen-bond donors (Lipinski definition) is 12. The third-order valence-electron chi connectivity index (χ3n) is 16.0. The Morgan fingerprint density at radius 3 is 2.33 bits per heavy atom. The van der Waals surface area contributed by atoms with Crippen molar-refractivity contribution in [3.05, 3.63) is 47.9 Å². The van der Waals surface area contributed by atoms with Gasteiger partial charge in [-0.05, 0) is 94.7 Å². The van der Waals surface area contributed by atoms with E-state index in [0.717, 1.165) is 41.5 Å². The van der Waals surface area contributed by atoms with E-state index in [1.54, 1.807) is 12.4 Å². The predicted octanol–water partition coefficient (Wildman–Crippen LogP) is -1.19. The van der Waals surface area contributed by atoms with Crippen LogP contribution in [0, 0.1) is 5.92 Å². The second kappa shape index (κ2) is 35.7. The van der Waals surface area contributed by atoms with Crippen LogP contribution in [0.1, 0.15) is 109 Å². The zero-order valence-electron chi connectivity index (χ0n) is 51.0. The van der Waals surface area contributed by atoms with Crippen LogP contribution >= 0.6 is 11.8 Å². The fourth-order valence-corrected chi connectivity index (χ4v) is 12.9. The van der Waals surface area contributed by atoms with Gasteiger partial charge in [-0.15, -0.1) is 5.10 Å². The van der Waals surface area contributed by atoms with E-state index in [2.05, 4.69) is 63.1 Å². The normalized spacial score (nSPS) is 24.3. The number of carbonyl (C=O) groups is 10. The number of unbranched alkanes of at least 4 members (excludes halogenated alkanes) is 2. The van der Waals surface area contributed by atoms with Crippen molar-refractivity contribution >= 4 is 81.9 Å². The summed E-state index contributed by atoms with van der Waals surface area (Å²) in [7, 11) is 0. The largest absolute Gasteiger partial charge is 0.377 e. The molecule has 4 aliphatic heterocycles. The monoisotopic (exact) mass is 1260 g/mol. The Kier molecular flexibility index (Phi) is 27.7. The number of nitrogens with one attached hydrogen (secondary N) is 10. The van der Waals surface area contributed by atoms with Gasteiger partial charge in [-0.2, -0.15) is 11.8 Å². The lowest BCUT2D eigenvalue weighted by Crippen LogP contribution is -2.58. The second-order valence-electron chi connectivity index (χ2n) is 23.4. The highest BCUT2D eigenvalue weighted by atomic mass is 32.2. The van der Waals surface area contributed by atoms with Gasteiger partial charge in [0, 0.05) is 73.2 Å². The van der Waals surface area contributed by atoms with Gasteiger partial charge in [-0.25, -0.2) is 4.79 Å². The number of primary amides is 1. The first-order chi connectivity index (χ1) is 43.0. The van der Waals surface area contributed by atoms with Crippen LogP contribution < -0.4 is 59.3 Å². The Hall–Kier alpha value is -7.41. The van der Waals surface area contributed by atoms with Crippen LogP contribution in [0.15, 0.2) is 36.7 Å². The van der Waals surface area contributed by atoms with Gasteiger partial charge < -0.3 is 83.4 Å². The standard InChI is InChI=1S/C59H90N16O13S/c1-36(2)28-43-54(80)64-32-50(77)66-45(29-37-31-63-40-13-4-3-12-39(37)40)58(84)75-22-11-16-47(75)57(83)67-41(53(61)79)14-8-10-21-74-33-38(72-73-74)30-44(56(82)68-42(55(81)69-43)15-7-9-19-60)65-51(78)34-88-27-26-87-25-24-86-23-20-62-49(76)18-6-5-17-48-52-46(35-89-48)70-59(85)71-52/h3-4,12-13,31,33,36,41-48,52,63H,5-11,14-30,32,34-35,60H2,1-2H3,(H2,61,79)(H,62,76)(H,64,80)(H,65,78)(H,66,77)(H,67,83)(H,68,82)(H,69,81)(H2,70,71,85)/t41-,42-,43-,44-,45-,46-,47-,48?,52-/m0/s1. The third kappa shape index (κ3) is 21.9. The summed E-state index contributed by atoms with van der Waals surface area (Å²) in [5.41, 5.74) is 13.5. The summed E-state index contributed by atoms with van der Waals surface area (Å²) >= 11 is 1.85. The molecule has 2 aromatic heterocycles. The highest BCUT2D eigenvalue weighted by molar-refractivity contribution is 8.00. The number of benzene rings is 1. The van der Waals surface area contributed by atoms with Gasteiger partial charge in [0.2, 0.25) is 53.2 Å². The first-order valence-corrected chi connectivity index (χ1v) is 32.2. The molecule has 30 heteroatoms. The summed E-state index contributed by atoms with van der Waals surface area (Å²) in [6.07, 6.45) is 9.17. The lowest BCUT2D eigenvalue weighted by Gasteiger charge is -2.30. The molecule has 14 N–H and O–H groups in total. The SMILES string of the molecule is CC(C)C[C@@H]1NC(=O)[C@H](CCCCN)NC(=O)[C@@H](NC(=O)COCCOCCOCCNC(=O)CCCCC2SC[C@@H]3NC(=O)N[C@H]23)Cc2cn(nn2)CCCC[C@@H](C(N)=O)NC(=O)[C@@H]2CCCN2C(=O)[C@H](Cc2c[nH]c3ccccc23)NC(=O)CNC1=O. The van der Waals surface area contributed by atoms with Gasteiger partial charge in [0.05, 0.1) is 57.4 Å². The number of urea groups is 1. The fourth-order valence-electron chi connectivity index (χ4n) is 11.4. The van der Waals surface area contributed by atoms with Gasteiger partial charge in [0.25, 0.3) is 0 Å². The van der Waals surface area contributed by atoms with Crippen LogP contribution in [0.25, 0.3) is 10.9 Å². The molecule has 0 spiro atoms. The molecule has 9 atom stereocenters. The molecule has 490 valence electrons. The predicted molar refractivity (Wildman–Crippen MR) is 328 cm³/mol. The number of ether oxygens (including phenoxy) is 3.